The zero-order valence-electron chi connectivity index (χ0n) is 11.6. The first-order valence-corrected chi connectivity index (χ1v) is 7.28. The standard InChI is InChI=1S/C14H20Cl2N2O2/c1-19-8-3-2-4-14(18-20-9-7-17)11-5-6-12(15)13(16)10-11/h5-6,10H,2-4,7-9,17H2,1H3. The minimum atomic E-state index is 0.392. The Bertz CT molecular complexity index is 439. The van der Waals surface area contributed by atoms with Gasteiger partial charge in [0.2, 0.25) is 0 Å². The lowest BCUT2D eigenvalue weighted by Crippen LogP contribution is -2.08. The molecule has 4 nitrogen and oxygen atoms in total. The summed E-state index contributed by atoms with van der Waals surface area (Å²) in [5.74, 6) is 0. The van der Waals surface area contributed by atoms with E-state index in [9.17, 15) is 0 Å². The van der Waals surface area contributed by atoms with Crippen LogP contribution in [0.25, 0.3) is 0 Å². The van der Waals surface area contributed by atoms with E-state index in [2.05, 4.69) is 5.16 Å². The van der Waals surface area contributed by atoms with E-state index in [1.807, 2.05) is 6.07 Å². The smallest absolute Gasteiger partial charge is 0.129 e. The Hall–Kier alpha value is -0.810. The first-order chi connectivity index (χ1) is 9.69. The second-order valence-corrected chi connectivity index (χ2v) is 5.05. The first kappa shape index (κ1) is 17.2. The average Bonchev–Trinajstić information content (AvgIpc) is 2.45. The summed E-state index contributed by atoms with van der Waals surface area (Å²) in [6.45, 7) is 1.56. The number of rotatable bonds is 9. The monoisotopic (exact) mass is 318 g/mol. The second-order valence-electron chi connectivity index (χ2n) is 4.24. The first-order valence-electron chi connectivity index (χ1n) is 6.52. The number of methoxy groups -OCH3 is 1. The van der Waals surface area contributed by atoms with Crippen molar-refractivity contribution >= 4 is 28.9 Å². The second kappa shape index (κ2) is 10.00. The van der Waals surface area contributed by atoms with Crippen LogP contribution in [0.3, 0.4) is 0 Å². The number of unbranched alkanes of at least 4 members (excludes halogenated alkanes) is 1. The van der Waals surface area contributed by atoms with Gasteiger partial charge in [0.15, 0.2) is 0 Å². The van der Waals surface area contributed by atoms with E-state index in [-0.39, 0.29) is 0 Å². The SMILES string of the molecule is COCCCCC(=NOCCN)c1ccc(Cl)c(Cl)c1. The van der Waals surface area contributed by atoms with Gasteiger partial charge >= 0.3 is 0 Å². The lowest BCUT2D eigenvalue weighted by Gasteiger charge is -2.08. The summed E-state index contributed by atoms with van der Waals surface area (Å²) >= 11 is 12.0. The molecule has 0 aromatic heterocycles. The van der Waals surface area contributed by atoms with Gasteiger partial charge in [-0.05, 0) is 31.4 Å². The van der Waals surface area contributed by atoms with Crippen LogP contribution in [0.5, 0.6) is 0 Å². The van der Waals surface area contributed by atoms with Crippen molar-refractivity contribution in [2.75, 3.05) is 26.9 Å². The molecule has 20 heavy (non-hydrogen) atoms. The van der Waals surface area contributed by atoms with Crippen LogP contribution in [0.15, 0.2) is 23.4 Å². The van der Waals surface area contributed by atoms with Gasteiger partial charge in [-0.3, -0.25) is 0 Å². The van der Waals surface area contributed by atoms with Crippen molar-refractivity contribution in [3.63, 3.8) is 0 Å². The number of halogens is 2. The fourth-order valence-electron chi connectivity index (χ4n) is 1.63. The Morgan fingerprint density at radius 1 is 1.20 bits per heavy atom. The van der Waals surface area contributed by atoms with Crippen molar-refractivity contribution in [3.8, 4) is 0 Å². The summed E-state index contributed by atoms with van der Waals surface area (Å²) in [7, 11) is 1.69. The van der Waals surface area contributed by atoms with Crippen LogP contribution in [-0.4, -0.2) is 32.6 Å². The Labute approximate surface area is 129 Å². The van der Waals surface area contributed by atoms with E-state index in [0.29, 0.717) is 23.2 Å². The number of hydrogen-bond acceptors (Lipinski definition) is 4. The summed E-state index contributed by atoms with van der Waals surface area (Å²) in [6.07, 6.45) is 2.71. The van der Waals surface area contributed by atoms with Crippen molar-refractivity contribution in [2.45, 2.75) is 19.3 Å². The number of nitrogens with two attached hydrogens (primary N) is 1. The molecule has 0 unspecified atom stereocenters. The molecule has 1 rings (SSSR count). The summed E-state index contributed by atoms with van der Waals surface area (Å²) in [4.78, 5) is 5.18. The third kappa shape index (κ3) is 6.09. The third-order valence-corrected chi connectivity index (χ3v) is 3.39. The maximum absolute atomic E-state index is 6.04. The van der Waals surface area contributed by atoms with Crippen LogP contribution in [0.4, 0.5) is 0 Å². The van der Waals surface area contributed by atoms with Gasteiger partial charge in [-0.2, -0.15) is 0 Å². The van der Waals surface area contributed by atoms with E-state index < -0.39 is 0 Å². The zero-order chi connectivity index (χ0) is 14.8. The molecular formula is C14H20Cl2N2O2. The van der Waals surface area contributed by atoms with Gasteiger partial charge in [0, 0.05) is 25.8 Å². The number of nitrogens with zero attached hydrogens (tertiary/aromatic N) is 1. The van der Waals surface area contributed by atoms with Crippen molar-refractivity contribution in [1.29, 1.82) is 0 Å². The topological polar surface area (TPSA) is 56.8 Å². The summed E-state index contributed by atoms with van der Waals surface area (Å²) in [5, 5.41) is 5.18. The van der Waals surface area contributed by atoms with Crippen molar-refractivity contribution in [1.82, 2.24) is 0 Å². The number of oxime groups is 1. The fraction of sp³-hybridized carbons (Fsp3) is 0.500. The molecule has 112 valence electrons. The predicted molar refractivity (Wildman–Crippen MR) is 83.7 cm³/mol. The van der Waals surface area contributed by atoms with Crippen LogP contribution >= 0.6 is 23.2 Å². The summed E-state index contributed by atoms with van der Waals surface area (Å²) in [6, 6.07) is 5.44. The molecule has 2 N–H and O–H groups in total. The van der Waals surface area contributed by atoms with E-state index in [1.165, 1.54) is 0 Å². The van der Waals surface area contributed by atoms with E-state index in [1.54, 1.807) is 19.2 Å². The molecule has 1 aromatic rings. The minimum absolute atomic E-state index is 0.392. The molecule has 1 aromatic carbocycles. The minimum Gasteiger partial charge on any atom is -0.394 e. The number of benzene rings is 1. The van der Waals surface area contributed by atoms with Crippen LogP contribution in [0.2, 0.25) is 10.0 Å². The Balaban J connectivity index is 2.74. The predicted octanol–water partition coefficient (Wildman–Crippen LogP) is 3.49. The highest BCUT2D eigenvalue weighted by atomic mass is 35.5. The summed E-state index contributed by atoms with van der Waals surface area (Å²) < 4.78 is 5.04. The van der Waals surface area contributed by atoms with Crippen LogP contribution in [-0.2, 0) is 9.57 Å². The molecule has 0 amide bonds. The maximum atomic E-state index is 6.04. The van der Waals surface area contributed by atoms with Crippen molar-refractivity contribution in [3.05, 3.63) is 33.8 Å². The average molecular weight is 319 g/mol. The molecule has 0 atom stereocenters. The van der Waals surface area contributed by atoms with Gasteiger partial charge in [-0.1, -0.05) is 34.4 Å². The van der Waals surface area contributed by atoms with Gasteiger partial charge in [0.05, 0.1) is 15.8 Å². The van der Waals surface area contributed by atoms with Crippen molar-refractivity contribution < 1.29 is 9.57 Å². The number of hydrogen-bond donors (Lipinski definition) is 1. The molecule has 0 heterocycles. The molecule has 0 saturated carbocycles. The largest absolute Gasteiger partial charge is 0.394 e. The van der Waals surface area contributed by atoms with Gasteiger partial charge in [0.25, 0.3) is 0 Å². The lowest BCUT2D eigenvalue weighted by molar-refractivity contribution is 0.151. The Kier molecular flexibility index (Phi) is 8.62. The van der Waals surface area contributed by atoms with E-state index in [0.717, 1.165) is 37.1 Å². The van der Waals surface area contributed by atoms with E-state index >= 15 is 0 Å². The summed E-state index contributed by atoms with van der Waals surface area (Å²) in [5.41, 5.74) is 7.14. The Morgan fingerprint density at radius 2 is 2.00 bits per heavy atom. The molecule has 0 spiro atoms. The Morgan fingerprint density at radius 3 is 2.65 bits per heavy atom. The van der Waals surface area contributed by atoms with Crippen molar-refractivity contribution in [2.24, 2.45) is 10.9 Å². The van der Waals surface area contributed by atoms with Gasteiger partial charge in [0.1, 0.15) is 6.61 Å². The van der Waals surface area contributed by atoms with E-state index in [4.69, 9.17) is 38.5 Å². The maximum Gasteiger partial charge on any atom is 0.129 e. The molecule has 6 heteroatoms. The highest BCUT2D eigenvalue weighted by Crippen LogP contribution is 2.23. The molecule has 0 aliphatic heterocycles. The molecule has 0 aliphatic carbocycles. The third-order valence-electron chi connectivity index (χ3n) is 2.65. The quantitative estimate of drug-likeness (QED) is 0.431. The molecule has 0 fully saturated rings. The van der Waals surface area contributed by atoms with Gasteiger partial charge in [-0.15, -0.1) is 0 Å². The highest BCUT2D eigenvalue weighted by Gasteiger charge is 2.07. The molecule has 0 radical (unpaired) electrons. The molecule has 0 bridgehead atoms. The van der Waals surface area contributed by atoms with Gasteiger partial charge in [-0.25, -0.2) is 0 Å². The lowest BCUT2D eigenvalue weighted by atomic mass is 10.0. The fourth-order valence-corrected chi connectivity index (χ4v) is 1.93. The zero-order valence-corrected chi connectivity index (χ0v) is 13.1. The van der Waals surface area contributed by atoms with Crippen LogP contribution in [0, 0.1) is 0 Å². The van der Waals surface area contributed by atoms with Crippen LogP contribution in [0.1, 0.15) is 24.8 Å². The van der Waals surface area contributed by atoms with Gasteiger partial charge < -0.3 is 15.3 Å². The molecular weight excluding hydrogens is 299 g/mol. The highest BCUT2D eigenvalue weighted by molar-refractivity contribution is 6.42. The number of ether oxygens (including phenoxy) is 1. The molecule has 0 saturated heterocycles. The molecule has 0 aliphatic rings. The normalized spacial score (nSPS) is 11.7. The van der Waals surface area contributed by atoms with Crippen LogP contribution < -0.4 is 5.73 Å².